The molecule has 0 bridgehead atoms. The standard InChI is InChI=1S/C19H24ClN3O3S/c1-14(2)23(27(3,25)26)13-18(24)22-12-11-21-10-4-5-17(21)19(22)15-6-8-16(20)9-7-15/h4-10,14,19H,11-13H2,1-3H3. The molecule has 0 radical (unpaired) electrons. The minimum Gasteiger partial charge on any atom is -0.348 e. The van der Waals surface area contributed by atoms with Gasteiger partial charge in [-0.25, -0.2) is 8.42 Å². The van der Waals surface area contributed by atoms with E-state index < -0.39 is 10.0 Å². The first kappa shape index (κ1) is 19.9. The van der Waals surface area contributed by atoms with Gasteiger partial charge in [-0.15, -0.1) is 0 Å². The number of carbonyl (C=O) groups is 1. The van der Waals surface area contributed by atoms with Gasteiger partial charge in [-0.1, -0.05) is 23.7 Å². The lowest BCUT2D eigenvalue weighted by Gasteiger charge is -2.38. The summed E-state index contributed by atoms with van der Waals surface area (Å²) in [7, 11) is -3.47. The second-order valence-electron chi connectivity index (χ2n) is 7.07. The minimum absolute atomic E-state index is 0.165. The molecule has 0 fully saturated rings. The monoisotopic (exact) mass is 409 g/mol. The number of rotatable bonds is 5. The summed E-state index contributed by atoms with van der Waals surface area (Å²) in [6.07, 6.45) is 3.13. The molecule has 27 heavy (non-hydrogen) atoms. The average Bonchev–Trinajstić information content (AvgIpc) is 3.06. The van der Waals surface area contributed by atoms with Crippen molar-refractivity contribution in [3.63, 3.8) is 0 Å². The molecule has 0 spiro atoms. The Kier molecular flexibility index (Phi) is 5.65. The molecule has 1 aliphatic rings. The van der Waals surface area contributed by atoms with E-state index in [0.29, 0.717) is 18.1 Å². The summed E-state index contributed by atoms with van der Waals surface area (Å²) in [5, 5.41) is 0.630. The molecule has 1 atom stereocenters. The molecule has 6 nitrogen and oxygen atoms in total. The third-order valence-corrected chi connectivity index (χ3v) is 6.49. The Labute approximate surface area is 165 Å². The van der Waals surface area contributed by atoms with Crippen LogP contribution in [-0.2, 0) is 21.4 Å². The molecule has 8 heteroatoms. The molecule has 0 saturated heterocycles. The smallest absolute Gasteiger partial charge is 0.238 e. The minimum atomic E-state index is -3.47. The van der Waals surface area contributed by atoms with Crippen molar-refractivity contribution < 1.29 is 13.2 Å². The Bertz CT molecular complexity index is 922. The van der Waals surface area contributed by atoms with Gasteiger partial charge in [0.25, 0.3) is 0 Å². The summed E-state index contributed by atoms with van der Waals surface area (Å²) in [6, 6.07) is 10.8. The molecule has 1 unspecified atom stereocenters. The van der Waals surface area contributed by atoms with Crippen molar-refractivity contribution in [3.05, 3.63) is 58.9 Å². The lowest BCUT2D eigenvalue weighted by molar-refractivity contribution is -0.134. The summed E-state index contributed by atoms with van der Waals surface area (Å²) in [6.45, 7) is 4.57. The average molecular weight is 410 g/mol. The second kappa shape index (κ2) is 7.66. The topological polar surface area (TPSA) is 62.6 Å². The molecule has 1 aromatic heterocycles. The fourth-order valence-corrected chi connectivity index (χ4v) is 4.79. The highest BCUT2D eigenvalue weighted by Crippen LogP contribution is 2.33. The van der Waals surface area contributed by atoms with E-state index in [0.717, 1.165) is 17.5 Å². The van der Waals surface area contributed by atoms with Gasteiger partial charge in [0.15, 0.2) is 0 Å². The molecule has 0 saturated carbocycles. The molecule has 0 aliphatic carbocycles. The summed E-state index contributed by atoms with van der Waals surface area (Å²) >= 11 is 6.02. The first-order valence-corrected chi connectivity index (χ1v) is 11.1. The van der Waals surface area contributed by atoms with Crippen LogP contribution < -0.4 is 0 Å². The number of aromatic nitrogens is 1. The van der Waals surface area contributed by atoms with Crippen molar-refractivity contribution >= 4 is 27.5 Å². The molecule has 2 heterocycles. The molecule has 146 valence electrons. The molecular weight excluding hydrogens is 386 g/mol. The fraction of sp³-hybridized carbons (Fsp3) is 0.421. The molecule has 1 amide bonds. The predicted octanol–water partition coefficient (Wildman–Crippen LogP) is 2.74. The van der Waals surface area contributed by atoms with E-state index in [9.17, 15) is 13.2 Å². The molecule has 3 rings (SSSR count). The van der Waals surface area contributed by atoms with Crippen LogP contribution in [0.25, 0.3) is 0 Å². The van der Waals surface area contributed by atoms with Crippen LogP contribution in [0.1, 0.15) is 31.1 Å². The number of hydrogen-bond donors (Lipinski definition) is 0. The highest BCUT2D eigenvalue weighted by atomic mass is 35.5. The van der Waals surface area contributed by atoms with E-state index in [4.69, 9.17) is 11.6 Å². The normalized spacial score (nSPS) is 17.4. The maximum absolute atomic E-state index is 13.1. The third kappa shape index (κ3) is 4.20. The number of fused-ring (bicyclic) bond motifs is 1. The SMILES string of the molecule is CC(C)N(CC(=O)N1CCn2cccc2C1c1ccc(Cl)cc1)S(C)(=O)=O. The Morgan fingerprint density at radius 3 is 2.48 bits per heavy atom. The van der Waals surface area contributed by atoms with Crippen LogP contribution in [0, 0.1) is 0 Å². The van der Waals surface area contributed by atoms with E-state index in [1.54, 1.807) is 30.9 Å². The summed E-state index contributed by atoms with van der Waals surface area (Å²) in [5.41, 5.74) is 1.95. The number of amides is 1. The van der Waals surface area contributed by atoms with Gasteiger partial charge in [-0.2, -0.15) is 4.31 Å². The highest BCUT2D eigenvalue weighted by Gasteiger charge is 2.34. The van der Waals surface area contributed by atoms with Crippen LogP contribution in [0.15, 0.2) is 42.6 Å². The molecule has 0 N–H and O–H groups in total. The van der Waals surface area contributed by atoms with Crippen molar-refractivity contribution in [2.24, 2.45) is 0 Å². The van der Waals surface area contributed by atoms with Gasteiger partial charge in [0.1, 0.15) is 0 Å². The lowest BCUT2D eigenvalue weighted by Crippen LogP contribution is -2.49. The number of sulfonamides is 1. The van der Waals surface area contributed by atoms with E-state index in [-0.39, 0.29) is 24.5 Å². The van der Waals surface area contributed by atoms with Gasteiger partial charge >= 0.3 is 0 Å². The molecule has 2 aromatic rings. The first-order valence-electron chi connectivity index (χ1n) is 8.85. The quantitative estimate of drug-likeness (QED) is 0.762. The van der Waals surface area contributed by atoms with Crippen LogP contribution in [0.5, 0.6) is 0 Å². The van der Waals surface area contributed by atoms with Gasteiger partial charge in [0.05, 0.1) is 18.8 Å². The van der Waals surface area contributed by atoms with E-state index in [2.05, 4.69) is 4.57 Å². The number of hydrogen-bond acceptors (Lipinski definition) is 3. The lowest BCUT2D eigenvalue weighted by atomic mass is 10.00. The van der Waals surface area contributed by atoms with Crippen molar-refractivity contribution in [2.75, 3.05) is 19.3 Å². The zero-order valence-corrected chi connectivity index (χ0v) is 17.2. The van der Waals surface area contributed by atoms with E-state index in [1.165, 1.54) is 4.31 Å². The van der Waals surface area contributed by atoms with Crippen LogP contribution in [-0.4, -0.2) is 53.5 Å². The fourth-order valence-electron chi connectivity index (χ4n) is 3.55. The van der Waals surface area contributed by atoms with Crippen molar-refractivity contribution in [1.82, 2.24) is 13.8 Å². The van der Waals surface area contributed by atoms with Crippen LogP contribution in [0.4, 0.5) is 0 Å². The first-order chi connectivity index (χ1) is 12.7. The van der Waals surface area contributed by atoms with Gasteiger partial charge in [0, 0.05) is 36.0 Å². The van der Waals surface area contributed by atoms with Gasteiger partial charge < -0.3 is 9.47 Å². The van der Waals surface area contributed by atoms with E-state index in [1.807, 2.05) is 30.5 Å². The number of halogens is 1. The molecular formula is C19H24ClN3O3S. The third-order valence-electron chi connectivity index (χ3n) is 4.84. The number of nitrogens with zero attached hydrogens (tertiary/aromatic N) is 3. The second-order valence-corrected chi connectivity index (χ2v) is 9.44. The summed E-state index contributed by atoms with van der Waals surface area (Å²) in [5.74, 6) is -0.207. The van der Waals surface area contributed by atoms with Gasteiger partial charge in [-0.3, -0.25) is 4.79 Å². The number of benzene rings is 1. The molecule has 1 aromatic carbocycles. The molecule has 1 aliphatic heterocycles. The van der Waals surface area contributed by atoms with Crippen molar-refractivity contribution in [2.45, 2.75) is 32.5 Å². The van der Waals surface area contributed by atoms with Crippen LogP contribution in [0.2, 0.25) is 5.02 Å². The Balaban J connectivity index is 1.95. The maximum atomic E-state index is 13.1. The predicted molar refractivity (Wildman–Crippen MR) is 106 cm³/mol. The summed E-state index contributed by atoms with van der Waals surface area (Å²) in [4.78, 5) is 14.9. The van der Waals surface area contributed by atoms with Gasteiger partial charge in [-0.05, 0) is 43.7 Å². The van der Waals surface area contributed by atoms with Crippen molar-refractivity contribution in [1.29, 1.82) is 0 Å². The van der Waals surface area contributed by atoms with Crippen molar-refractivity contribution in [3.8, 4) is 0 Å². The summed E-state index contributed by atoms with van der Waals surface area (Å²) < 4.78 is 27.5. The van der Waals surface area contributed by atoms with Gasteiger partial charge in [0.2, 0.25) is 15.9 Å². The van der Waals surface area contributed by atoms with Crippen LogP contribution >= 0.6 is 11.6 Å². The largest absolute Gasteiger partial charge is 0.348 e. The maximum Gasteiger partial charge on any atom is 0.238 e. The Morgan fingerprint density at radius 2 is 1.89 bits per heavy atom. The van der Waals surface area contributed by atoms with E-state index >= 15 is 0 Å². The zero-order chi connectivity index (χ0) is 19.8. The highest BCUT2D eigenvalue weighted by molar-refractivity contribution is 7.88. The zero-order valence-electron chi connectivity index (χ0n) is 15.7. The Hall–Kier alpha value is -1.83. The number of carbonyl (C=O) groups excluding carboxylic acids is 1. The Morgan fingerprint density at radius 1 is 1.22 bits per heavy atom. The van der Waals surface area contributed by atoms with Crippen LogP contribution in [0.3, 0.4) is 0 Å².